The van der Waals surface area contributed by atoms with Gasteiger partial charge in [-0.1, -0.05) is 6.42 Å². The van der Waals surface area contributed by atoms with Crippen molar-refractivity contribution < 1.29 is 19.5 Å². The minimum Gasteiger partial charge on any atom is -0.481 e. The van der Waals surface area contributed by atoms with Gasteiger partial charge in [-0.2, -0.15) is 0 Å². The van der Waals surface area contributed by atoms with Gasteiger partial charge in [0.05, 0.1) is 5.92 Å². The van der Waals surface area contributed by atoms with E-state index in [2.05, 4.69) is 5.32 Å². The Morgan fingerprint density at radius 2 is 1.67 bits per heavy atom. The number of hydrogen-bond acceptors (Lipinski definition) is 3. The molecule has 1 heterocycles. The Hall–Kier alpha value is -1.79. The van der Waals surface area contributed by atoms with Crippen LogP contribution in [-0.4, -0.2) is 65.0 Å². The highest BCUT2D eigenvalue weighted by Crippen LogP contribution is 2.24. The fourth-order valence-electron chi connectivity index (χ4n) is 3.04. The molecule has 118 valence electrons. The molecule has 2 rings (SSSR count). The summed E-state index contributed by atoms with van der Waals surface area (Å²) in [5.41, 5.74) is 0. The van der Waals surface area contributed by atoms with Gasteiger partial charge in [-0.05, 0) is 19.3 Å². The summed E-state index contributed by atoms with van der Waals surface area (Å²) in [6.07, 6.45) is 2.87. The molecule has 2 fully saturated rings. The third-order valence-electron chi connectivity index (χ3n) is 4.36. The fraction of sp³-hybridized carbons (Fsp3) is 0.786. The number of piperazine rings is 1. The maximum absolute atomic E-state index is 12.2. The zero-order valence-electron chi connectivity index (χ0n) is 12.4. The first-order valence-corrected chi connectivity index (χ1v) is 7.51. The molecule has 0 aromatic rings. The van der Waals surface area contributed by atoms with Crippen molar-refractivity contribution in [3.05, 3.63) is 0 Å². The van der Waals surface area contributed by atoms with E-state index in [9.17, 15) is 14.4 Å². The standard InChI is InChI=1S/C14H23N3O4/c1-10(18)16-5-7-17(8-6-16)14(21)15-12-4-2-3-11(9-12)13(19)20/h11-12H,2-9H2,1H3,(H,15,21)(H,19,20). The molecule has 7 heteroatoms. The van der Waals surface area contributed by atoms with Gasteiger partial charge >= 0.3 is 12.0 Å². The lowest BCUT2D eigenvalue weighted by Crippen LogP contribution is -2.54. The second kappa shape index (κ2) is 6.78. The molecule has 0 spiro atoms. The Bertz CT molecular complexity index is 418. The van der Waals surface area contributed by atoms with Crippen LogP contribution in [0.4, 0.5) is 4.79 Å². The summed E-state index contributed by atoms with van der Waals surface area (Å²) in [5, 5.41) is 12.0. The summed E-state index contributed by atoms with van der Waals surface area (Å²) in [6.45, 7) is 3.71. The Balaban J connectivity index is 1.79. The molecule has 0 bridgehead atoms. The van der Waals surface area contributed by atoms with Crippen LogP contribution in [0.25, 0.3) is 0 Å². The Morgan fingerprint density at radius 1 is 1.05 bits per heavy atom. The van der Waals surface area contributed by atoms with E-state index in [-0.39, 0.29) is 23.9 Å². The van der Waals surface area contributed by atoms with Crippen molar-refractivity contribution in [3.8, 4) is 0 Å². The maximum atomic E-state index is 12.2. The Kier molecular flexibility index (Phi) is 5.03. The topological polar surface area (TPSA) is 90.0 Å². The van der Waals surface area contributed by atoms with Crippen LogP contribution in [0.2, 0.25) is 0 Å². The number of rotatable bonds is 2. The predicted molar refractivity (Wildman–Crippen MR) is 75.7 cm³/mol. The lowest BCUT2D eigenvalue weighted by Gasteiger charge is -2.36. The van der Waals surface area contributed by atoms with Gasteiger partial charge in [0.2, 0.25) is 5.91 Å². The molecule has 0 radical (unpaired) electrons. The molecule has 2 N–H and O–H groups in total. The van der Waals surface area contributed by atoms with Crippen molar-refractivity contribution >= 4 is 17.9 Å². The number of nitrogens with zero attached hydrogens (tertiary/aromatic N) is 2. The average molecular weight is 297 g/mol. The SMILES string of the molecule is CC(=O)N1CCN(C(=O)NC2CCCC(C(=O)O)C2)CC1. The molecule has 1 aliphatic carbocycles. The van der Waals surface area contributed by atoms with E-state index in [1.165, 1.54) is 6.92 Å². The third kappa shape index (κ3) is 4.09. The van der Waals surface area contributed by atoms with Gasteiger partial charge in [0.25, 0.3) is 0 Å². The summed E-state index contributed by atoms with van der Waals surface area (Å²) in [4.78, 5) is 37.9. The molecule has 1 saturated heterocycles. The van der Waals surface area contributed by atoms with E-state index in [4.69, 9.17) is 5.11 Å². The van der Waals surface area contributed by atoms with Gasteiger partial charge in [-0.3, -0.25) is 9.59 Å². The second-order valence-electron chi connectivity index (χ2n) is 5.84. The first kappa shape index (κ1) is 15.6. The molecular formula is C14H23N3O4. The van der Waals surface area contributed by atoms with Crippen LogP contribution in [-0.2, 0) is 9.59 Å². The van der Waals surface area contributed by atoms with Crippen molar-refractivity contribution in [1.82, 2.24) is 15.1 Å². The molecule has 21 heavy (non-hydrogen) atoms. The van der Waals surface area contributed by atoms with Crippen LogP contribution >= 0.6 is 0 Å². The summed E-state index contributed by atoms with van der Waals surface area (Å²) >= 11 is 0. The number of urea groups is 1. The van der Waals surface area contributed by atoms with Crippen molar-refractivity contribution in [2.45, 2.75) is 38.6 Å². The Labute approximate surface area is 124 Å². The quantitative estimate of drug-likeness (QED) is 0.777. The first-order chi connectivity index (χ1) is 9.97. The number of carbonyl (C=O) groups excluding carboxylic acids is 2. The van der Waals surface area contributed by atoms with Crippen LogP contribution in [0.15, 0.2) is 0 Å². The minimum atomic E-state index is -0.774. The zero-order valence-corrected chi connectivity index (χ0v) is 12.4. The van der Waals surface area contributed by atoms with Gasteiger partial charge in [0.1, 0.15) is 0 Å². The molecule has 2 aliphatic rings. The molecule has 7 nitrogen and oxygen atoms in total. The van der Waals surface area contributed by atoms with Crippen LogP contribution < -0.4 is 5.32 Å². The van der Waals surface area contributed by atoms with E-state index < -0.39 is 5.97 Å². The molecule has 2 atom stereocenters. The van der Waals surface area contributed by atoms with Crippen LogP contribution in [0, 0.1) is 5.92 Å². The number of aliphatic carboxylic acids is 1. The highest BCUT2D eigenvalue weighted by Gasteiger charge is 2.29. The van der Waals surface area contributed by atoms with Crippen LogP contribution in [0.3, 0.4) is 0 Å². The zero-order chi connectivity index (χ0) is 15.4. The van der Waals surface area contributed by atoms with Gasteiger partial charge in [0.15, 0.2) is 0 Å². The summed E-state index contributed by atoms with van der Waals surface area (Å²) < 4.78 is 0. The molecule has 0 aromatic heterocycles. The fourth-order valence-corrected chi connectivity index (χ4v) is 3.04. The van der Waals surface area contributed by atoms with Gasteiger partial charge in [-0.25, -0.2) is 4.79 Å². The average Bonchev–Trinajstić information content (AvgIpc) is 2.47. The van der Waals surface area contributed by atoms with Crippen molar-refractivity contribution in [2.24, 2.45) is 5.92 Å². The summed E-state index contributed by atoms with van der Waals surface area (Å²) in [6, 6.07) is -0.201. The van der Waals surface area contributed by atoms with Crippen molar-refractivity contribution in [1.29, 1.82) is 0 Å². The molecule has 2 unspecified atom stereocenters. The summed E-state index contributed by atoms with van der Waals surface area (Å²) in [5.74, 6) is -1.09. The van der Waals surface area contributed by atoms with E-state index in [0.717, 1.165) is 12.8 Å². The predicted octanol–water partition coefficient (Wildman–Crippen LogP) is 0.504. The number of hydrogen-bond donors (Lipinski definition) is 2. The highest BCUT2D eigenvalue weighted by molar-refractivity contribution is 5.76. The second-order valence-corrected chi connectivity index (χ2v) is 5.84. The highest BCUT2D eigenvalue weighted by atomic mass is 16.4. The van der Waals surface area contributed by atoms with E-state index in [1.807, 2.05) is 0 Å². The normalized spacial score (nSPS) is 26.3. The lowest BCUT2D eigenvalue weighted by atomic mass is 9.86. The summed E-state index contributed by atoms with van der Waals surface area (Å²) in [7, 11) is 0. The number of amides is 3. The maximum Gasteiger partial charge on any atom is 0.317 e. The van der Waals surface area contributed by atoms with Crippen LogP contribution in [0.1, 0.15) is 32.6 Å². The van der Waals surface area contributed by atoms with Crippen molar-refractivity contribution in [3.63, 3.8) is 0 Å². The van der Waals surface area contributed by atoms with Gasteiger partial charge in [-0.15, -0.1) is 0 Å². The number of carboxylic acids is 1. The monoisotopic (exact) mass is 297 g/mol. The first-order valence-electron chi connectivity index (χ1n) is 7.51. The van der Waals surface area contributed by atoms with E-state index in [0.29, 0.717) is 39.0 Å². The Morgan fingerprint density at radius 3 is 2.24 bits per heavy atom. The number of carbonyl (C=O) groups is 3. The molecule has 1 aliphatic heterocycles. The van der Waals surface area contributed by atoms with Gasteiger partial charge < -0.3 is 20.2 Å². The van der Waals surface area contributed by atoms with Crippen LogP contribution in [0.5, 0.6) is 0 Å². The third-order valence-corrected chi connectivity index (χ3v) is 4.36. The number of nitrogens with one attached hydrogen (secondary N) is 1. The largest absolute Gasteiger partial charge is 0.481 e. The van der Waals surface area contributed by atoms with E-state index >= 15 is 0 Å². The lowest BCUT2D eigenvalue weighted by molar-refractivity contribution is -0.143. The molecule has 3 amide bonds. The molecule has 1 saturated carbocycles. The van der Waals surface area contributed by atoms with Crippen molar-refractivity contribution in [2.75, 3.05) is 26.2 Å². The smallest absolute Gasteiger partial charge is 0.317 e. The molecular weight excluding hydrogens is 274 g/mol. The number of carboxylic acid groups (broad SMARTS) is 1. The molecule has 0 aromatic carbocycles. The van der Waals surface area contributed by atoms with E-state index in [1.54, 1.807) is 9.80 Å². The van der Waals surface area contributed by atoms with Gasteiger partial charge in [0, 0.05) is 39.1 Å². The minimum absolute atomic E-state index is 0.0339.